The number of aromatic nitrogens is 3. The lowest BCUT2D eigenvalue weighted by molar-refractivity contribution is 0.225. The molecule has 0 saturated heterocycles. The van der Waals surface area contributed by atoms with E-state index >= 15 is 0 Å². The third kappa shape index (κ3) is 1.79. The normalized spacial score (nSPS) is 12.8. The number of hydrogen-bond donors (Lipinski definition) is 1. The van der Waals surface area contributed by atoms with Gasteiger partial charge in [0.15, 0.2) is 0 Å². The predicted molar refractivity (Wildman–Crippen MR) is 65.7 cm³/mol. The predicted octanol–water partition coefficient (Wildman–Crippen LogP) is 2.17. The molecular weight excluding hydrogens is 234 g/mol. The molecule has 84 valence electrons. The van der Waals surface area contributed by atoms with Gasteiger partial charge in [-0.3, -0.25) is 4.98 Å². The standard InChI is InChI=1S/C12H9N3OS/c16-12(11-7-14-15-17-11)10-6-13-5-8-3-1-2-4-9(8)10/h1-7,12,16H. The van der Waals surface area contributed by atoms with Crippen molar-refractivity contribution in [1.29, 1.82) is 0 Å². The molecule has 2 aromatic heterocycles. The SMILES string of the molecule is OC(c1cnns1)c1cncc2ccccc12. The van der Waals surface area contributed by atoms with E-state index in [0.717, 1.165) is 21.2 Å². The van der Waals surface area contributed by atoms with Gasteiger partial charge in [-0.2, -0.15) is 0 Å². The van der Waals surface area contributed by atoms with Crippen molar-refractivity contribution in [3.8, 4) is 0 Å². The first-order chi connectivity index (χ1) is 8.36. The van der Waals surface area contributed by atoms with Gasteiger partial charge < -0.3 is 5.11 Å². The van der Waals surface area contributed by atoms with Gasteiger partial charge in [0.05, 0.1) is 11.1 Å². The van der Waals surface area contributed by atoms with Gasteiger partial charge in [-0.15, -0.1) is 5.10 Å². The smallest absolute Gasteiger partial charge is 0.118 e. The van der Waals surface area contributed by atoms with Crippen LogP contribution in [0.15, 0.2) is 42.9 Å². The fourth-order valence-electron chi connectivity index (χ4n) is 1.81. The molecule has 0 saturated carbocycles. The number of benzene rings is 1. The first-order valence-electron chi connectivity index (χ1n) is 5.14. The molecule has 0 aliphatic rings. The average Bonchev–Trinajstić information content (AvgIpc) is 2.91. The van der Waals surface area contributed by atoms with E-state index in [2.05, 4.69) is 14.6 Å². The molecule has 0 fully saturated rings. The summed E-state index contributed by atoms with van der Waals surface area (Å²) in [5, 5.41) is 16.0. The summed E-state index contributed by atoms with van der Waals surface area (Å²) in [5.41, 5.74) is 0.786. The fraction of sp³-hybridized carbons (Fsp3) is 0.0833. The van der Waals surface area contributed by atoms with Gasteiger partial charge in [0, 0.05) is 23.3 Å². The molecule has 5 heteroatoms. The molecule has 17 heavy (non-hydrogen) atoms. The molecule has 0 spiro atoms. The van der Waals surface area contributed by atoms with Crippen LogP contribution in [0, 0.1) is 0 Å². The lowest BCUT2D eigenvalue weighted by Gasteiger charge is -2.10. The van der Waals surface area contributed by atoms with Crippen molar-refractivity contribution < 1.29 is 5.11 Å². The van der Waals surface area contributed by atoms with Gasteiger partial charge in [-0.1, -0.05) is 28.8 Å². The highest BCUT2D eigenvalue weighted by molar-refractivity contribution is 7.05. The van der Waals surface area contributed by atoms with Gasteiger partial charge >= 0.3 is 0 Å². The summed E-state index contributed by atoms with van der Waals surface area (Å²) in [7, 11) is 0. The van der Waals surface area contributed by atoms with E-state index in [1.165, 1.54) is 11.5 Å². The summed E-state index contributed by atoms with van der Waals surface area (Å²) in [6.45, 7) is 0. The number of hydrogen-bond acceptors (Lipinski definition) is 5. The van der Waals surface area contributed by atoms with E-state index in [-0.39, 0.29) is 0 Å². The number of aliphatic hydroxyl groups is 1. The van der Waals surface area contributed by atoms with Crippen LogP contribution in [0.1, 0.15) is 16.5 Å². The summed E-state index contributed by atoms with van der Waals surface area (Å²) < 4.78 is 3.76. The second kappa shape index (κ2) is 4.20. The minimum absolute atomic E-state index is 0.714. The fourth-order valence-corrected chi connectivity index (χ4v) is 2.32. The molecule has 2 heterocycles. The molecule has 1 N–H and O–H groups in total. The third-order valence-electron chi connectivity index (χ3n) is 2.64. The highest BCUT2D eigenvalue weighted by Gasteiger charge is 2.15. The summed E-state index contributed by atoms with van der Waals surface area (Å²) in [4.78, 5) is 4.87. The third-order valence-corrected chi connectivity index (χ3v) is 3.36. The maximum Gasteiger partial charge on any atom is 0.118 e. The van der Waals surface area contributed by atoms with Gasteiger partial charge in [0.2, 0.25) is 0 Å². The number of fused-ring (bicyclic) bond motifs is 1. The van der Waals surface area contributed by atoms with Crippen LogP contribution in [-0.4, -0.2) is 19.7 Å². The average molecular weight is 243 g/mol. The number of nitrogens with zero attached hydrogens (tertiary/aromatic N) is 3. The monoisotopic (exact) mass is 243 g/mol. The maximum absolute atomic E-state index is 10.3. The minimum Gasteiger partial charge on any atom is -0.383 e. The summed E-state index contributed by atoms with van der Waals surface area (Å²) in [6, 6.07) is 7.85. The Kier molecular flexibility index (Phi) is 2.55. The Morgan fingerprint density at radius 2 is 2.00 bits per heavy atom. The highest BCUT2D eigenvalue weighted by atomic mass is 32.1. The van der Waals surface area contributed by atoms with E-state index in [0.29, 0.717) is 0 Å². The summed E-state index contributed by atoms with van der Waals surface area (Å²) in [6.07, 6.45) is 4.34. The Hall–Kier alpha value is -1.85. The molecule has 0 bridgehead atoms. The van der Waals surface area contributed by atoms with Crippen LogP contribution >= 0.6 is 11.5 Å². The van der Waals surface area contributed by atoms with Crippen LogP contribution < -0.4 is 0 Å². The van der Waals surface area contributed by atoms with Crippen LogP contribution in [0.25, 0.3) is 10.8 Å². The Bertz CT molecular complexity index is 634. The van der Waals surface area contributed by atoms with E-state index in [1.54, 1.807) is 18.6 Å². The molecular formula is C12H9N3OS. The molecule has 0 aliphatic heterocycles. The Morgan fingerprint density at radius 1 is 1.12 bits per heavy atom. The van der Waals surface area contributed by atoms with Crippen molar-refractivity contribution in [3.63, 3.8) is 0 Å². The highest BCUT2D eigenvalue weighted by Crippen LogP contribution is 2.28. The molecule has 3 rings (SSSR count). The van der Waals surface area contributed by atoms with Crippen molar-refractivity contribution >= 4 is 22.3 Å². The van der Waals surface area contributed by atoms with Crippen LogP contribution in [0.3, 0.4) is 0 Å². The Labute approximate surface area is 102 Å². The van der Waals surface area contributed by atoms with Gasteiger partial charge in [-0.25, -0.2) is 0 Å². The molecule has 1 aromatic carbocycles. The van der Waals surface area contributed by atoms with Crippen LogP contribution in [0.4, 0.5) is 0 Å². The molecule has 0 radical (unpaired) electrons. The van der Waals surface area contributed by atoms with Crippen LogP contribution in [-0.2, 0) is 0 Å². The number of rotatable bonds is 2. The number of aliphatic hydroxyl groups excluding tert-OH is 1. The largest absolute Gasteiger partial charge is 0.383 e. The minimum atomic E-state index is -0.714. The van der Waals surface area contributed by atoms with Crippen molar-refractivity contribution in [2.24, 2.45) is 0 Å². The van der Waals surface area contributed by atoms with Gasteiger partial charge in [0.1, 0.15) is 6.10 Å². The molecule has 4 nitrogen and oxygen atoms in total. The first-order valence-corrected chi connectivity index (χ1v) is 5.91. The molecule has 0 aliphatic carbocycles. The lowest BCUT2D eigenvalue weighted by Crippen LogP contribution is -1.99. The zero-order valence-corrected chi connectivity index (χ0v) is 9.63. The zero-order chi connectivity index (χ0) is 11.7. The van der Waals surface area contributed by atoms with E-state index in [1.807, 2.05) is 24.3 Å². The molecule has 1 unspecified atom stereocenters. The summed E-state index contributed by atoms with van der Waals surface area (Å²) >= 11 is 1.20. The Balaban J connectivity index is 2.17. The quantitative estimate of drug-likeness (QED) is 0.749. The van der Waals surface area contributed by atoms with Crippen molar-refractivity contribution in [1.82, 2.24) is 14.6 Å². The topological polar surface area (TPSA) is 58.9 Å². The Morgan fingerprint density at radius 3 is 2.82 bits per heavy atom. The first kappa shape index (κ1) is 10.3. The van der Waals surface area contributed by atoms with Crippen LogP contribution in [0.5, 0.6) is 0 Å². The van der Waals surface area contributed by atoms with E-state index < -0.39 is 6.10 Å². The van der Waals surface area contributed by atoms with Crippen molar-refractivity contribution in [3.05, 3.63) is 53.3 Å². The van der Waals surface area contributed by atoms with E-state index in [9.17, 15) is 5.11 Å². The lowest BCUT2D eigenvalue weighted by atomic mass is 10.0. The molecule has 0 amide bonds. The van der Waals surface area contributed by atoms with Gasteiger partial charge in [-0.05, 0) is 16.9 Å². The van der Waals surface area contributed by atoms with Crippen molar-refractivity contribution in [2.75, 3.05) is 0 Å². The maximum atomic E-state index is 10.3. The molecule has 3 aromatic rings. The molecule has 1 atom stereocenters. The van der Waals surface area contributed by atoms with Crippen LogP contribution in [0.2, 0.25) is 0 Å². The van der Waals surface area contributed by atoms with E-state index in [4.69, 9.17) is 0 Å². The van der Waals surface area contributed by atoms with Crippen molar-refractivity contribution in [2.45, 2.75) is 6.10 Å². The van der Waals surface area contributed by atoms with Gasteiger partial charge in [0.25, 0.3) is 0 Å². The second-order valence-electron chi connectivity index (χ2n) is 3.67. The summed E-state index contributed by atoms with van der Waals surface area (Å²) in [5.74, 6) is 0. The number of pyridine rings is 1. The second-order valence-corrected chi connectivity index (χ2v) is 4.49. The zero-order valence-electron chi connectivity index (χ0n) is 8.82.